The fraction of sp³-hybridized carbons (Fsp3) is 0.450. The van der Waals surface area contributed by atoms with Crippen molar-refractivity contribution in [2.75, 3.05) is 32.1 Å². The van der Waals surface area contributed by atoms with E-state index in [-0.39, 0.29) is 23.6 Å². The van der Waals surface area contributed by atoms with Crippen LogP contribution in [0.3, 0.4) is 0 Å². The number of halogens is 1. The lowest BCUT2D eigenvalue weighted by Crippen LogP contribution is -2.33. The average molecular weight is 387 g/mol. The number of carbonyl (C=O) groups excluding carboxylic acids is 1. The van der Waals surface area contributed by atoms with Gasteiger partial charge in [0.25, 0.3) is 5.91 Å². The number of carbonyl (C=O) groups is 1. The number of methoxy groups -OCH3 is 1. The van der Waals surface area contributed by atoms with Gasteiger partial charge in [0.1, 0.15) is 17.4 Å². The fourth-order valence-corrected chi connectivity index (χ4v) is 3.32. The van der Waals surface area contributed by atoms with Crippen LogP contribution in [-0.4, -0.2) is 49.2 Å². The zero-order chi connectivity index (χ0) is 20.3. The van der Waals surface area contributed by atoms with Gasteiger partial charge in [-0.1, -0.05) is 0 Å². The molecular formula is C20H26FN5O2. The molecule has 28 heavy (non-hydrogen) atoms. The third kappa shape index (κ3) is 4.22. The van der Waals surface area contributed by atoms with E-state index in [1.807, 2.05) is 13.8 Å². The normalized spacial score (nSPS) is 16.3. The number of nitrogens with one attached hydrogen (secondary N) is 2. The highest BCUT2D eigenvalue weighted by atomic mass is 19.1. The number of anilines is 1. The summed E-state index contributed by atoms with van der Waals surface area (Å²) in [4.78, 5) is 22.8. The molecule has 150 valence electrons. The van der Waals surface area contributed by atoms with Crippen LogP contribution in [0.2, 0.25) is 0 Å². The second kappa shape index (κ2) is 8.52. The lowest BCUT2D eigenvalue weighted by molar-refractivity contribution is 0.0952. The Morgan fingerprint density at radius 3 is 2.86 bits per heavy atom. The Morgan fingerprint density at radius 2 is 2.14 bits per heavy atom. The van der Waals surface area contributed by atoms with Gasteiger partial charge < -0.3 is 20.3 Å². The van der Waals surface area contributed by atoms with Crippen LogP contribution in [-0.2, 0) is 6.54 Å². The van der Waals surface area contributed by atoms with Gasteiger partial charge in [-0.2, -0.15) is 0 Å². The van der Waals surface area contributed by atoms with Crippen molar-refractivity contribution in [1.82, 2.24) is 20.6 Å². The van der Waals surface area contributed by atoms with E-state index < -0.39 is 0 Å². The van der Waals surface area contributed by atoms with Crippen LogP contribution in [0, 0.1) is 19.7 Å². The minimum atomic E-state index is -0.299. The zero-order valence-electron chi connectivity index (χ0n) is 16.7. The molecule has 2 heterocycles. The molecule has 7 nitrogen and oxygen atoms in total. The molecule has 1 aromatic heterocycles. The molecule has 8 heteroatoms. The predicted molar refractivity (Wildman–Crippen MR) is 105 cm³/mol. The quantitative estimate of drug-likeness (QED) is 0.789. The Hall–Kier alpha value is -2.74. The van der Waals surface area contributed by atoms with Crippen molar-refractivity contribution in [3.8, 4) is 5.75 Å². The summed E-state index contributed by atoms with van der Waals surface area (Å²) in [6, 6.07) is 4.94. The molecule has 1 fully saturated rings. The van der Waals surface area contributed by atoms with E-state index in [4.69, 9.17) is 4.74 Å². The van der Waals surface area contributed by atoms with Crippen molar-refractivity contribution in [2.45, 2.75) is 32.9 Å². The van der Waals surface area contributed by atoms with Gasteiger partial charge in [0, 0.05) is 49.5 Å². The third-order valence-corrected chi connectivity index (χ3v) is 5.12. The van der Waals surface area contributed by atoms with Crippen molar-refractivity contribution in [3.05, 3.63) is 46.7 Å². The maximum Gasteiger partial charge on any atom is 0.288 e. The number of aryl methyl sites for hydroxylation is 1. The topological polar surface area (TPSA) is 79.4 Å². The van der Waals surface area contributed by atoms with Crippen LogP contribution in [0.5, 0.6) is 5.75 Å². The van der Waals surface area contributed by atoms with Gasteiger partial charge in [-0.15, -0.1) is 0 Å². The number of benzene rings is 1. The van der Waals surface area contributed by atoms with E-state index in [0.717, 1.165) is 36.6 Å². The number of ether oxygens (including phenoxy) is 1. The van der Waals surface area contributed by atoms with Gasteiger partial charge in [-0.25, -0.2) is 14.4 Å². The fourth-order valence-electron chi connectivity index (χ4n) is 3.32. The van der Waals surface area contributed by atoms with E-state index in [1.165, 1.54) is 6.07 Å². The molecule has 0 spiro atoms. The van der Waals surface area contributed by atoms with Gasteiger partial charge in [-0.05, 0) is 38.5 Å². The number of hydrogen-bond donors (Lipinski definition) is 2. The van der Waals surface area contributed by atoms with Crippen molar-refractivity contribution in [1.29, 1.82) is 0 Å². The average Bonchev–Trinajstić information content (AvgIpc) is 3.17. The monoisotopic (exact) mass is 387 g/mol. The first-order valence-electron chi connectivity index (χ1n) is 9.31. The first-order valence-corrected chi connectivity index (χ1v) is 9.31. The SMILES string of the molecule is CNC(=O)c1nc(C)c(C)c(N2CC[C@@H](NCc3cc(OC)ccc3F)C2)n1. The molecule has 3 rings (SSSR count). The maximum absolute atomic E-state index is 14.0. The second-order valence-corrected chi connectivity index (χ2v) is 6.93. The summed E-state index contributed by atoms with van der Waals surface area (Å²) in [7, 11) is 3.13. The Morgan fingerprint density at radius 1 is 1.36 bits per heavy atom. The van der Waals surface area contributed by atoms with Gasteiger partial charge in [0.2, 0.25) is 5.82 Å². The molecule has 1 aliphatic rings. The molecule has 0 aliphatic carbocycles. The van der Waals surface area contributed by atoms with Crippen LogP contribution in [0.15, 0.2) is 18.2 Å². The Kier molecular flexibility index (Phi) is 6.08. The van der Waals surface area contributed by atoms with E-state index >= 15 is 0 Å². The molecule has 0 unspecified atom stereocenters. The van der Waals surface area contributed by atoms with Crippen molar-refractivity contribution >= 4 is 11.7 Å². The van der Waals surface area contributed by atoms with Gasteiger partial charge in [-0.3, -0.25) is 4.79 Å². The molecule has 1 aliphatic heterocycles. The largest absolute Gasteiger partial charge is 0.497 e. The minimum absolute atomic E-state index is 0.176. The Bertz CT molecular complexity index is 874. The molecule has 0 radical (unpaired) electrons. The molecule has 1 amide bonds. The van der Waals surface area contributed by atoms with E-state index in [9.17, 15) is 9.18 Å². The number of amides is 1. The van der Waals surface area contributed by atoms with Gasteiger partial charge in [0.15, 0.2) is 0 Å². The number of hydrogen-bond acceptors (Lipinski definition) is 6. The van der Waals surface area contributed by atoms with Crippen LogP contribution in [0.25, 0.3) is 0 Å². The molecule has 0 saturated carbocycles. The highest BCUT2D eigenvalue weighted by molar-refractivity contribution is 5.90. The van der Waals surface area contributed by atoms with Gasteiger partial charge >= 0.3 is 0 Å². The van der Waals surface area contributed by atoms with E-state index in [1.54, 1.807) is 26.3 Å². The molecule has 0 bridgehead atoms. The van der Waals surface area contributed by atoms with Crippen LogP contribution < -0.4 is 20.3 Å². The zero-order valence-corrected chi connectivity index (χ0v) is 16.7. The molecule has 1 atom stereocenters. The summed E-state index contributed by atoms with van der Waals surface area (Å²) < 4.78 is 19.2. The molecular weight excluding hydrogens is 361 g/mol. The lowest BCUT2D eigenvalue weighted by atomic mass is 10.1. The van der Waals surface area contributed by atoms with Crippen LogP contribution in [0.1, 0.15) is 33.9 Å². The maximum atomic E-state index is 14.0. The summed E-state index contributed by atoms with van der Waals surface area (Å²) in [5.41, 5.74) is 2.33. The smallest absolute Gasteiger partial charge is 0.288 e. The summed E-state index contributed by atoms with van der Waals surface area (Å²) in [6.07, 6.45) is 0.906. The van der Waals surface area contributed by atoms with Crippen LogP contribution >= 0.6 is 0 Å². The highest BCUT2D eigenvalue weighted by Gasteiger charge is 2.26. The lowest BCUT2D eigenvalue weighted by Gasteiger charge is -2.21. The first-order chi connectivity index (χ1) is 13.4. The number of nitrogens with zero attached hydrogens (tertiary/aromatic N) is 3. The molecule has 2 N–H and O–H groups in total. The van der Waals surface area contributed by atoms with Crippen molar-refractivity contribution in [2.24, 2.45) is 0 Å². The summed E-state index contributed by atoms with van der Waals surface area (Å²) in [5.74, 6) is 1.05. The molecule has 1 saturated heterocycles. The second-order valence-electron chi connectivity index (χ2n) is 6.93. The summed E-state index contributed by atoms with van der Waals surface area (Å²) in [6.45, 7) is 5.81. The van der Waals surface area contributed by atoms with Crippen LogP contribution in [0.4, 0.5) is 10.2 Å². The van der Waals surface area contributed by atoms with Crippen molar-refractivity contribution < 1.29 is 13.9 Å². The Labute approximate surface area is 164 Å². The highest BCUT2D eigenvalue weighted by Crippen LogP contribution is 2.24. The van der Waals surface area contributed by atoms with E-state index in [2.05, 4.69) is 25.5 Å². The summed E-state index contributed by atoms with van der Waals surface area (Å²) in [5, 5.41) is 5.98. The number of aromatic nitrogens is 2. The van der Waals surface area contributed by atoms with E-state index in [0.29, 0.717) is 17.9 Å². The molecule has 1 aromatic carbocycles. The Balaban J connectivity index is 1.69. The van der Waals surface area contributed by atoms with Gasteiger partial charge in [0.05, 0.1) is 7.11 Å². The third-order valence-electron chi connectivity index (χ3n) is 5.12. The standard InChI is InChI=1S/C20H26FN5O2/c1-12-13(2)24-18(20(27)22-3)25-19(12)26-8-7-15(11-26)23-10-14-9-16(28-4)5-6-17(14)21/h5-6,9,15,23H,7-8,10-11H2,1-4H3,(H,22,27)/t15-/m1/s1. The predicted octanol–water partition coefficient (Wildman–Crippen LogP) is 1.97. The summed E-state index contributed by atoms with van der Waals surface area (Å²) >= 11 is 0. The number of rotatable bonds is 6. The molecule has 2 aromatic rings. The minimum Gasteiger partial charge on any atom is -0.497 e. The van der Waals surface area contributed by atoms with Crippen molar-refractivity contribution in [3.63, 3.8) is 0 Å². The first kappa shape index (κ1) is 20.0.